The Labute approximate surface area is 202 Å². The number of rotatable bonds is 7. The Morgan fingerprint density at radius 1 is 0.909 bits per heavy atom. The molecule has 1 N–H and O–H groups in total. The van der Waals surface area contributed by atoms with Gasteiger partial charge in [-0.3, -0.25) is 38.3 Å². The zero-order chi connectivity index (χ0) is 24.4. The van der Waals surface area contributed by atoms with E-state index in [0.29, 0.717) is 12.1 Å². The highest BCUT2D eigenvalue weighted by molar-refractivity contribution is 7.80. The molecule has 0 radical (unpaired) electrons. The first-order valence-electron chi connectivity index (χ1n) is 10.9. The first kappa shape index (κ1) is 24.7. The van der Waals surface area contributed by atoms with Crippen LogP contribution in [0.1, 0.15) is 44.7 Å². The summed E-state index contributed by atoms with van der Waals surface area (Å²) in [6, 6.07) is 3.27. The van der Waals surface area contributed by atoms with Gasteiger partial charge in [-0.1, -0.05) is 0 Å². The number of hydrogen-bond donors (Lipinski definition) is 1. The third-order valence-corrected chi connectivity index (χ3v) is 6.82. The van der Waals surface area contributed by atoms with E-state index in [4.69, 9.17) is 24.4 Å². The van der Waals surface area contributed by atoms with Gasteiger partial charge in [0.25, 0.3) is 5.56 Å². The smallest absolute Gasteiger partial charge is 0.262 e. The Morgan fingerprint density at radius 2 is 1.42 bits per heavy atom. The van der Waals surface area contributed by atoms with Gasteiger partial charge in [0.1, 0.15) is 5.92 Å². The van der Waals surface area contributed by atoms with Crippen molar-refractivity contribution in [2.75, 3.05) is 13.1 Å². The van der Waals surface area contributed by atoms with Gasteiger partial charge >= 0.3 is 0 Å². The van der Waals surface area contributed by atoms with Crippen molar-refractivity contribution in [2.45, 2.75) is 46.7 Å². The van der Waals surface area contributed by atoms with Gasteiger partial charge < -0.3 is 5.11 Å². The molecular weight excluding hydrogens is 462 g/mol. The molecule has 1 aliphatic rings. The molecule has 2 aromatic rings. The molecule has 11 heteroatoms. The minimum atomic E-state index is -1.29. The van der Waals surface area contributed by atoms with E-state index in [-0.39, 0.29) is 41.0 Å². The monoisotopic (exact) mass is 489 g/mol. The second-order valence-electron chi connectivity index (χ2n) is 7.50. The summed E-state index contributed by atoms with van der Waals surface area (Å²) in [7, 11) is 0. The van der Waals surface area contributed by atoms with Gasteiger partial charge in [-0.05, 0) is 69.8 Å². The van der Waals surface area contributed by atoms with Crippen molar-refractivity contribution in [1.82, 2.24) is 23.9 Å². The zero-order valence-electron chi connectivity index (χ0n) is 19.0. The van der Waals surface area contributed by atoms with Gasteiger partial charge in [-0.25, -0.2) is 0 Å². The number of nitrogens with zero attached hydrogens (tertiary/aromatic N) is 5. The molecule has 0 spiro atoms. The molecule has 0 saturated carbocycles. The van der Waals surface area contributed by atoms with Crippen LogP contribution in [0.3, 0.4) is 0 Å². The van der Waals surface area contributed by atoms with E-state index in [1.165, 1.54) is 31.3 Å². The standard InChI is InChI=1S/C22H27N5O4S2/c1-5-24-17(28)15(18(29)25(6-2)21(24)32)14(13-9-11-23-12-10-13)16-19(30)26(7-3)22(33)27(8-4)20(16)31/h9-12,14-15,30H,5-8H2,1-4H3/t14-/m0/s1. The van der Waals surface area contributed by atoms with E-state index in [9.17, 15) is 19.5 Å². The normalized spacial score (nSPS) is 15.9. The van der Waals surface area contributed by atoms with E-state index in [2.05, 4.69) is 4.98 Å². The highest BCUT2D eigenvalue weighted by Gasteiger charge is 2.49. The number of aromatic nitrogens is 3. The van der Waals surface area contributed by atoms with E-state index < -0.39 is 29.2 Å². The van der Waals surface area contributed by atoms with Crippen LogP contribution in [0.4, 0.5) is 0 Å². The molecule has 1 aliphatic heterocycles. The Bertz CT molecular complexity index is 1180. The van der Waals surface area contributed by atoms with Gasteiger partial charge in [-0.2, -0.15) is 0 Å². The summed E-state index contributed by atoms with van der Waals surface area (Å²) >= 11 is 10.8. The highest BCUT2D eigenvalue weighted by Crippen LogP contribution is 2.39. The van der Waals surface area contributed by atoms with Gasteiger partial charge in [0.15, 0.2) is 9.88 Å². The van der Waals surface area contributed by atoms with Crippen molar-refractivity contribution in [1.29, 1.82) is 0 Å². The molecule has 0 aromatic carbocycles. The number of carbonyl (C=O) groups excluding carboxylic acids is 2. The van der Waals surface area contributed by atoms with Gasteiger partial charge in [0.05, 0.1) is 5.56 Å². The molecule has 3 heterocycles. The van der Waals surface area contributed by atoms with Crippen molar-refractivity contribution in [3.63, 3.8) is 0 Å². The fraction of sp³-hybridized carbons (Fsp3) is 0.455. The van der Waals surface area contributed by atoms with Gasteiger partial charge in [-0.15, -0.1) is 0 Å². The van der Waals surface area contributed by atoms with Crippen molar-refractivity contribution < 1.29 is 14.7 Å². The molecule has 9 nitrogen and oxygen atoms in total. The lowest BCUT2D eigenvalue weighted by molar-refractivity contribution is -0.147. The minimum Gasteiger partial charge on any atom is -0.494 e. The Kier molecular flexibility index (Phi) is 7.43. The predicted molar refractivity (Wildman–Crippen MR) is 129 cm³/mol. The largest absolute Gasteiger partial charge is 0.494 e. The lowest BCUT2D eigenvalue weighted by atomic mass is 9.79. The lowest BCUT2D eigenvalue weighted by Crippen LogP contribution is -2.61. The number of carbonyl (C=O) groups is 2. The van der Waals surface area contributed by atoms with Crippen LogP contribution in [0.2, 0.25) is 0 Å². The molecule has 33 heavy (non-hydrogen) atoms. The number of hydrogen-bond acceptors (Lipinski definition) is 7. The first-order chi connectivity index (χ1) is 15.7. The molecule has 1 atom stereocenters. The SMILES string of the molecule is CCN1C(=O)C([C@H](c2ccncc2)c2c(O)n(CC)c(=S)n(CC)c2=O)C(=O)N(CC)C1=S. The Balaban J connectivity index is 2.40. The molecule has 2 amide bonds. The van der Waals surface area contributed by atoms with Crippen molar-refractivity contribution in [2.24, 2.45) is 5.92 Å². The van der Waals surface area contributed by atoms with Crippen LogP contribution < -0.4 is 5.56 Å². The molecule has 0 unspecified atom stereocenters. The average Bonchev–Trinajstić information content (AvgIpc) is 2.79. The van der Waals surface area contributed by atoms with Crippen LogP contribution >= 0.6 is 24.4 Å². The summed E-state index contributed by atoms with van der Waals surface area (Å²) in [5, 5.41) is 11.3. The summed E-state index contributed by atoms with van der Waals surface area (Å²) in [6.45, 7) is 8.21. The molecule has 176 valence electrons. The highest BCUT2D eigenvalue weighted by atomic mass is 32.1. The summed E-state index contributed by atoms with van der Waals surface area (Å²) in [6.07, 6.45) is 3.04. The van der Waals surface area contributed by atoms with Crippen LogP contribution in [0.5, 0.6) is 5.88 Å². The summed E-state index contributed by atoms with van der Waals surface area (Å²) in [4.78, 5) is 47.5. The maximum Gasteiger partial charge on any atom is 0.262 e. The zero-order valence-corrected chi connectivity index (χ0v) is 20.7. The van der Waals surface area contributed by atoms with E-state index in [1.807, 2.05) is 0 Å². The maximum atomic E-state index is 13.6. The molecule has 0 bridgehead atoms. The Morgan fingerprint density at radius 3 is 1.88 bits per heavy atom. The minimum absolute atomic E-state index is 0.0508. The fourth-order valence-corrected chi connectivity index (χ4v) is 5.15. The van der Waals surface area contributed by atoms with Crippen LogP contribution in [0.25, 0.3) is 0 Å². The number of aromatic hydroxyl groups is 1. The molecule has 1 fully saturated rings. The van der Waals surface area contributed by atoms with Crippen LogP contribution in [-0.2, 0) is 22.7 Å². The van der Waals surface area contributed by atoms with Crippen molar-refractivity contribution in [3.8, 4) is 5.88 Å². The van der Waals surface area contributed by atoms with Gasteiger partial charge in [0.2, 0.25) is 17.7 Å². The maximum absolute atomic E-state index is 13.6. The summed E-state index contributed by atoms with van der Waals surface area (Å²) < 4.78 is 2.97. The molecular formula is C22H27N5O4S2. The van der Waals surface area contributed by atoms with Crippen molar-refractivity contribution in [3.05, 3.63) is 50.8 Å². The molecule has 3 rings (SSSR count). The molecule has 1 saturated heterocycles. The second-order valence-corrected chi connectivity index (χ2v) is 8.23. The second kappa shape index (κ2) is 9.92. The molecule has 2 aromatic heterocycles. The van der Waals surface area contributed by atoms with Crippen LogP contribution in [0.15, 0.2) is 29.3 Å². The van der Waals surface area contributed by atoms with E-state index in [1.54, 1.807) is 39.8 Å². The first-order valence-corrected chi connectivity index (χ1v) is 11.7. The van der Waals surface area contributed by atoms with Crippen LogP contribution in [-0.4, -0.2) is 59.0 Å². The average molecular weight is 490 g/mol. The summed E-state index contributed by atoms with van der Waals surface area (Å²) in [5.41, 5.74) is -0.0806. The van der Waals surface area contributed by atoms with Gasteiger partial charge in [0, 0.05) is 44.5 Å². The quantitative estimate of drug-likeness (QED) is 0.470. The predicted octanol–water partition coefficient (Wildman–Crippen LogP) is 2.26. The number of thiocarbonyl (C=S) groups is 1. The van der Waals surface area contributed by atoms with E-state index >= 15 is 0 Å². The van der Waals surface area contributed by atoms with Crippen LogP contribution in [0, 0.1) is 10.7 Å². The van der Waals surface area contributed by atoms with E-state index in [0.717, 1.165) is 0 Å². The summed E-state index contributed by atoms with van der Waals surface area (Å²) in [5.74, 6) is -3.71. The fourth-order valence-electron chi connectivity index (χ4n) is 4.29. The third-order valence-electron chi connectivity index (χ3n) is 5.93. The topological polar surface area (TPSA) is 101 Å². The van der Waals surface area contributed by atoms with Crippen molar-refractivity contribution >= 4 is 41.4 Å². The lowest BCUT2D eigenvalue weighted by Gasteiger charge is -2.41. The third kappa shape index (κ3) is 3.99. The number of pyridine rings is 1. The number of amides is 2. The Hall–Kier alpha value is -2.92. The molecule has 0 aliphatic carbocycles.